The van der Waals surface area contributed by atoms with Gasteiger partial charge in [-0.15, -0.1) is 0 Å². The standard InChI is InChI=1S/C22H23N3O4/c1-28-18-12-19(26)25-11-5-8-16(25)20(18)22(27)24-10-4-6-14(13-24)21-23-15-7-2-3-9-17(15)29-21/h2-3,7,9,12,14H,4-6,8,10-11,13H2,1H3. The van der Waals surface area contributed by atoms with Crippen LogP contribution in [0.2, 0.25) is 0 Å². The van der Waals surface area contributed by atoms with E-state index in [4.69, 9.17) is 9.15 Å². The van der Waals surface area contributed by atoms with Gasteiger partial charge in [-0.05, 0) is 37.8 Å². The van der Waals surface area contributed by atoms with Crippen molar-refractivity contribution >= 4 is 17.0 Å². The molecule has 2 aliphatic rings. The molecule has 7 nitrogen and oxygen atoms in total. The summed E-state index contributed by atoms with van der Waals surface area (Å²) < 4.78 is 13.1. The second-order valence-electron chi connectivity index (χ2n) is 7.74. The molecule has 0 saturated carbocycles. The number of fused-ring (bicyclic) bond motifs is 2. The first-order valence-corrected chi connectivity index (χ1v) is 10.1. The fourth-order valence-corrected chi connectivity index (χ4v) is 4.56. The summed E-state index contributed by atoms with van der Waals surface area (Å²) in [5.41, 5.74) is 2.83. The number of oxazole rings is 1. The Hall–Kier alpha value is -3.09. The number of nitrogens with zero attached hydrogens (tertiary/aromatic N) is 3. The summed E-state index contributed by atoms with van der Waals surface area (Å²) in [6, 6.07) is 9.15. The van der Waals surface area contributed by atoms with Crippen molar-refractivity contribution in [2.45, 2.75) is 38.1 Å². The van der Waals surface area contributed by atoms with Gasteiger partial charge in [-0.2, -0.15) is 0 Å². The quantitative estimate of drug-likeness (QED) is 0.684. The van der Waals surface area contributed by atoms with Crippen molar-refractivity contribution in [1.82, 2.24) is 14.5 Å². The molecule has 0 aliphatic carbocycles. The minimum Gasteiger partial charge on any atom is -0.496 e. The number of amides is 1. The molecule has 5 rings (SSSR count). The molecule has 0 N–H and O–H groups in total. The highest BCUT2D eigenvalue weighted by Gasteiger charge is 2.33. The molecule has 1 saturated heterocycles. The van der Waals surface area contributed by atoms with Gasteiger partial charge in [0.1, 0.15) is 16.8 Å². The molecule has 29 heavy (non-hydrogen) atoms. The van der Waals surface area contributed by atoms with Crippen LogP contribution in [0.1, 0.15) is 47.1 Å². The van der Waals surface area contributed by atoms with E-state index < -0.39 is 0 Å². The number of pyridine rings is 1. The number of ether oxygens (including phenoxy) is 1. The lowest BCUT2D eigenvalue weighted by atomic mass is 9.97. The largest absolute Gasteiger partial charge is 0.496 e. The highest BCUT2D eigenvalue weighted by atomic mass is 16.5. The number of methoxy groups -OCH3 is 1. The summed E-state index contributed by atoms with van der Waals surface area (Å²) in [6.45, 7) is 1.88. The van der Waals surface area contributed by atoms with E-state index in [9.17, 15) is 9.59 Å². The lowest BCUT2D eigenvalue weighted by Crippen LogP contribution is -2.40. The fraction of sp³-hybridized carbons (Fsp3) is 0.409. The number of carbonyl (C=O) groups is 1. The van der Waals surface area contributed by atoms with Crippen molar-refractivity contribution < 1.29 is 13.9 Å². The molecule has 3 aromatic rings. The van der Waals surface area contributed by atoms with E-state index in [1.807, 2.05) is 29.2 Å². The van der Waals surface area contributed by atoms with Crippen molar-refractivity contribution in [3.8, 4) is 5.75 Å². The Morgan fingerprint density at radius 3 is 2.93 bits per heavy atom. The molecule has 0 spiro atoms. The molecule has 150 valence electrons. The maximum atomic E-state index is 13.5. The van der Waals surface area contributed by atoms with Gasteiger partial charge in [0, 0.05) is 31.4 Å². The number of piperidine rings is 1. The van der Waals surface area contributed by atoms with E-state index in [1.54, 1.807) is 4.57 Å². The van der Waals surface area contributed by atoms with E-state index in [2.05, 4.69) is 4.98 Å². The second-order valence-corrected chi connectivity index (χ2v) is 7.74. The smallest absolute Gasteiger partial charge is 0.259 e. The van der Waals surface area contributed by atoms with Gasteiger partial charge in [0.05, 0.1) is 13.0 Å². The Bertz CT molecular complexity index is 1110. The average Bonchev–Trinajstić information content (AvgIpc) is 3.40. The number of likely N-dealkylation sites (tertiary alicyclic amines) is 1. The number of aromatic nitrogens is 2. The van der Waals surface area contributed by atoms with Crippen molar-refractivity contribution in [2.24, 2.45) is 0 Å². The molecule has 1 amide bonds. The Morgan fingerprint density at radius 1 is 1.24 bits per heavy atom. The van der Waals surface area contributed by atoms with E-state index in [0.29, 0.717) is 36.8 Å². The monoisotopic (exact) mass is 393 g/mol. The molecule has 0 bridgehead atoms. The SMILES string of the molecule is COc1cc(=O)n2c(c1C(=O)N1CCCC(c3nc4ccccc4o3)C1)CCC2. The predicted molar refractivity (Wildman–Crippen MR) is 107 cm³/mol. The summed E-state index contributed by atoms with van der Waals surface area (Å²) in [5.74, 6) is 1.04. The first kappa shape index (κ1) is 18.0. The number of benzene rings is 1. The zero-order valence-electron chi connectivity index (χ0n) is 16.4. The van der Waals surface area contributed by atoms with Crippen molar-refractivity contribution in [1.29, 1.82) is 0 Å². The lowest BCUT2D eigenvalue weighted by molar-refractivity contribution is 0.0693. The van der Waals surface area contributed by atoms with Gasteiger partial charge >= 0.3 is 0 Å². The molecule has 1 atom stereocenters. The highest BCUT2D eigenvalue weighted by Crippen LogP contribution is 2.32. The summed E-state index contributed by atoms with van der Waals surface area (Å²) in [7, 11) is 1.51. The van der Waals surface area contributed by atoms with E-state index in [-0.39, 0.29) is 17.4 Å². The molecule has 0 radical (unpaired) electrons. The van der Waals surface area contributed by atoms with Gasteiger partial charge < -0.3 is 18.6 Å². The van der Waals surface area contributed by atoms with Gasteiger partial charge in [0.15, 0.2) is 11.5 Å². The van der Waals surface area contributed by atoms with Crippen LogP contribution in [0.25, 0.3) is 11.1 Å². The Kier molecular flexibility index (Phi) is 4.38. The van der Waals surface area contributed by atoms with Gasteiger partial charge in [0.2, 0.25) is 0 Å². The molecule has 2 aliphatic heterocycles. The third-order valence-electron chi connectivity index (χ3n) is 5.98. The van der Waals surface area contributed by atoms with Gasteiger partial charge in [-0.3, -0.25) is 9.59 Å². The van der Waals surface area contributed by atoms with Crippen LogP contribution >= 0.6 is 0 Å². The predicted octanol–water partition coefficient (Wildman–Crippen LogP) is 2.96. The van der Waals surface area contributed by atoms with Crippen LogP contribution in [-0.4, -0.2) is 40.6 Å². The van der Waals surface area contributed by atoms with Crippen LogP contribution in [0.3, 0.4) is 0 Å². The third-order valence-corrected chi connectivity index (χ3v) is 5.98. The molecular formula is C22H23N3O4. The first-order valence-electron chi connectivity index (χ1n) is 10.1. The average molecular weight is 393 g/mol. The first-order chi connectivity index (χ1) is 14.2. The summed E-state index contributed by atoms with van der Waals surface area (Å²) >= 11 is 0. The van der Waals surface area contributed by atoms with Crippen molar-refractivity contribution in [3.63, 3.8) is 0 Å². The van der Waals surface area contributed by atoms with Gasteiger partial charge in [-0.25, -0.2) is 4.98 Å². The molecule has 2 aromatic heterocycles. The van der Waals surface area contributed by atoms with Crippen LogP contribution in [0.5, 0.6) is 5.75 Å². The minimum atomic E-state index is -0.103. The van der Waals surface area contributed by atoms with Crippen LogP contribution in [0, 0.1) is 0 Å². The summed E-state index contributed by atoms with van der Waals surface area (Å²) in [6.07, 6.45) is 3.40. The van der Waals surface area contributed by atoms with E-state index in [0.717, 1.165) is 42.5 Å². The lowest BCUT2D eigenvalue weighted by Gasteiger charge is -2.32. The van der Waals surface area contributed by atoms with Crippen LogP contribution in [0.15, 0.2) is 39.5 Å². The zero-order valence-corrected chi connectivity index (χ0v) is 16.4. The number of rotatable bonds is 3. The van der Waals surface area contributed by atoms with Crippen molar-refractivity contribution in [3.05, 3.63) is 57.8 Å². The van der Waals surface area contributed by atoms with E-state index in [1.165, 1.54) is 13.2 Å². The second kappa shape index (κ2) is 7.06. The molecule has 4 heterocycles. The Morgan fingerprint density at radius 2 is 2.10 bits per heavy atom. The molecular weight excluding hydrogens is 370 g/mol. The number of hydrogen-bond donors (Lipinski definition) is 0. The normalized spacial score (nSPS) is 18.8. The van der Waals surface area contributed by atoms with Crippen LogP contribution in [-0.2, 0) is 13.0 Å². The third kappa shape index (κ3) is 3.01. The Labute approximate surface area is 167 Å². The number of hydrogen-bond acceptors (Lipinski definition) is 5. The summed E-state index contributed by atoms with van der Waals surface area (Å²) in [5, 5.41) is 0. The van der Waals surface area contributed by atoms with Crippen LogP contribution < -0.4 is 10.3 Å². The highest BCUT2D eigenvalue weighted by molar-refractivity contribution is 5.98. The topological polar surface area (TPSA) is 77.6 Å². The Balaban J connectivity index is 1.46. The summed E-state index contributed by atoms with van der Waals surface area (Å²) in [4.78, 5) is 32.3. The van der Waals surface area contributed by atoms with Gasteiger partial charge in [-0.1, -0.05) is 12.1 Å². The minimum absolute atomic E-state index is 0.0607. The molecule has 1 aromatic carbocycles. The fourth-order valence-electron chi connectivity index (χ4n) is 4.56. The van der Waals surface area contributed by atoms with Crippen molar-refractivity contribution in [2.75, 3.05) is 20.2 Å². The molecule has 1 unspecified atom stereocenters. The van der Waals surface area contributed by atoms with Crippen LogP contribution in [0.4, 0.5) is 0 Å². The number of carbonyl (C=O) groups excluding carboxylic acids is 1. The van der Waals surface area contributed by atoms with E-state index >= 15 is 0 Å². The molecule has 1 fully saturated rings. The maximum Gasteiger partial charge on any atom is 0.259 e. The zero-order chi connectivity index (χ0) is 20.0. The molecule has 7 heteroatoms. The number of para-hydroxylation sites is 2. The maximum absolute atomic E-state index is 13.5. The van der Waals surface area contributed by atoms with Gasteiger partial charge in [0.25, 0.3) is 11.5 Å².